The van der Waals surface area contributed by atoms with Crippen LogP contribution in [0.2, 0.25) is 0 Å². The summed E-state index contributed by atoms with van der Waals surface area (Å²) in [6.45, 7) is 0. The van der Waals surface area contributed by atoms with Crippen molar-refractivity contribution in [2.45, 2.75) is 0 Å². The third-order valence-electron chi connectivity index (χ3n) is 0.309. The summed E-state index contributed by atoms with van der Waals surface area (Å²) >= 11 is 0. The van der Waals surface area contributed by atoms with Gasteiger partial charge in [-0.25, -0.2) is 5.16 Å². The van der Waals surface area contributed by atoms with E-state index in [9.17, 15) is 0 Å². The minimum absolute atomic E-state index is 0. The van der Waals surface area contributed by atoms with Gasteiger partial charge in [-0.1, -0.05) is 0 Å². The second-order valence-corrected chi connectivity index (χ2v) is 0.629. The third-order valence-corrected chi connectivity index (χ3v) is 0.309. The molecule has 0 bridgehead atoms. The Hall–Kier alpha value is 0.314. The molecule has 1 aromatic heterocycles. The normalized spacial score (nSPS) is 6.67. The fraction of sp³-hybridized carbons (Fsp3) is 0. The summed E-state index contributed by atoms with van der Waals surface area (Å²) < 4.78 is 4.28. The van der Waals surface area contributed by atoms with Crippen molar-refractivity contribution in [3.63, 3.8) is 0 Å². The molecule has 0 spiro atoms. The summed E-state index contributed by atoms with van der Waals surface area (Å²) in [7, 11) is 0. The van der Waals surface area contributed by atoms with Gasteiger partial charge in [0.25, 0.3) is 0 Å². The maximum Gasteiger partial charge on any atom is 0 e. The molecule has 1 aromatic rings. The number of hydrogen-bond acceptors (Lipinski definition) is 2. The molecule has 0 aromatic carbocycles. The van der Waals surface area contributed by atoms with Crippen molar-refractivity contribution in [2.75, 3.05) is 0 Å². The summed E-state index contributed by atoms with van der Waals surface area (Å²) in [5.41, 5.74) is 0. The Morgan fingerprint density at radius 2 is 2.50 bits per heavy atom. The fourth-order valence-corrected chi connectivity index (χ4v) is 0.152. The summed E-state index contributed by atoms with van der Waals surface area (Å²) in [5, 5.41) is 3.22. The molecule has 3 heteroatoms. The van der Waals surface area contributed by atoms with E-state index in [0.29, 0.717) is 0 Å². The average Bonchev–Trinajstić information content (AvgIpc) is 1.76. The van der Waals surface area contributed by atoms with Crippen LogP contribution in [0.25, 0.3) is 0 Å². The van der Waals surface area contributed by atoms with Crippen LogP contribution in [-0.2, 0) is 32.7 Å². The van der Waals surface area contributed by atoms with Gasteiger partial charge in [-0.15, -0.1) is 6.20 Å². The van der Waals surface area contributed by atoms with E-state index in [1.807, 2.05) is 0 Å². The van der Waals surface area contributed by atoms with Gasteiger partial charge in [-0.05, 0) is 6.26 Å². The van der Waals surface area contributed by atoms with Crippen LogP contribution < -0.4 is 0 Å². The molecule has 0 saturated carbocycles. The molecule has 0 amide bonds. The van der Waals surface area contributed by atoms with Crippen LogP contribution in [0.15, 0.2) is 16.9 Å². The zero-order valence-corrected chi connectivity index (χ0v) is 5.93. The van der Waals surface area contributed by atoms with E-state index in [1.165, 1.54) is 6.26 Å². The summed E-state index contributed by atoms with van der Waals surface area (Å²) in [6.07, 6.45) is 3.90. The van der Waals surface area contributed by atoms with Gasteiger partial charge in [0.15, 0.2) is 0 Å². The van der Waals surface area contributed by atoms with Crippen LogP contribution in [0.4, 0.5) is 0 Å². The zero-order valence-electron chi connectivity index (χ0n) is 3.09. The van der Waals surface area contributed by atoms with Crippen molar-refractivity contribution in [1.82, 2.24) is 5.16 Å². The van der Waals surface area contributed by atoms with E-state index >= 15 is 0 Å². The molecule has 1 radical (unpaired) electrons. The van der Waals surface area contributed by atoms with E-state index < -0.39 is 0 Å². The quantitative estimate of drug-likeness (QED) is 0.511. The van der Waals surface area contributed by atoms with Crippen molar-refractivity contribution in [3.05, 3.63) is 18.5 Å². The molecular formula is C3H2NOY-. The second kappa shape index (κ2) is 3.50. The topological polar surface area (TPSA) is 26.0 Å². The summed E-state index contributed by atoms with van der Waals surface area (Å²) in [6, 6.07) is 1.60. The molecule has 2 nitrogen and oxygen atoms in total. The second-order valence-electron chi connectivity index (χ2n) is 0.629. The first-order chi connectivity index (χ1) is 2.50. The maximum atomic E-state index is 4.28. The SMILES string of the molecule is [Y].[c-]1ccon1. The minimum atomic E-state index is 0. The minimum Gasteiger partial charge on any atom is -0.474 e. The summed E-state index contributed by atoms with van der Waals surface area (Å²) in [4.78, 5) is 0. The molecule has 1 rings (SSSR count). The Morgan fingerprint density at radius 1 is 1.67 bits per heavy atom. The van der Waals surface area contributed by atoms with Gasteiger partial charge in [0.1, 0.15) is 0 Å². The van der Waals surface area contributed by atoms with Crippen LogP contribution in [0.5, 0.6) is 0 Å². The van der Waals surface area contributed by atoms with Crippen LogP contribution in [0, 0.1) is 6.20 Å². The van der Waals surface area contributed by atoms with Gasteiger partial charge in [-0.2, -0.15) is 6.07 Å². The number of aromatic nitrogens is 1. The van der Waals surface area contributed by atoms with Crippen molar-refractivity contribution < 1.29 is 37.2 Å². The first kappa shape index (κ1) is 6.31. The van der Waals surface area contributed by atoms with E-state index in [2.05, 4.69) is 15.9 Å². The Labute approximate surface area is 60.8 Å². The molecule has 0 aliphatic carbocycles. The van der Waals surface area contributed by atoms with E-state index in [0.717, 1.165) is 0 Å². The van der Waals surface area contributed by atoms with Crippen molar-refractivity contribution in [2.24, 2.45) is 0 Å². The fourth-order valence-electron chi connectivity index (χ4n) is 0.152. The first-order valence-electron chi connectivity index (χ1n) is 1.26. The molecule has 0 atom stereocenters. The largest absolute Gasteiger partial charge is 0.474 e. The molecule has 0 saturated heterocycles. The standard InChI is InChI=1S/C3H2NO.Y/c1-2-4-5-3-1;/h1,3H;/q-1;. The molecule has 0 aliphatic heterocycles. The van der Waals surface area contributed by atoms with Crippen molar-refractivity contribution >= 4 is 0 Å². The van der Waals surface area contributed by atoms with Gasteiger partial charge in [0, 0.05) is 32.7 Å². The molecule has 0 unspecified atom stereocenters. The number of hydrogen-bond donors (Lipinski definition) is 0. The summed E-state index contributed by atoms with van der Waals surface area (Å²) in [5.74, 6) is 0. The van der Waals surface area contributed by atoms with E-state index in [-0.39, 0.29) is 32.7 Å². The first-order valence-corrected chi connectivity index (χ1v) is 1.26. The molecule has 0 N–H and O–H groups in total. The molecule has 6 heavy (non-hydrogen) atoms. The molecule has 0 fully saturated rings. The molecule has 29 valence electrons. The number of rotatable bonds is 0. The monoisotopic (exact) mass is 157 g/mol. The third kappa shape index (κ3) is 1.68. The average molecular weight is 157 g/mol. The maximum absolute atomic E-state index is 4.28. The van der Waals surface area contributed by atoms with Crippen LogP contribution >= 0.6 is 0 Å². The van der Waals surface area contributed by atoms with Crippen LogP contribution in [0.1, 0.15) is 0 Å². The van der Waals surface area contributed by atoms with Gasteiger partial charge in [0.2, 0.25) is 0 Å². The molecular weight excluding hydrogens is 155 g/mol. The van der Waals surface area contributed by atoms with Crippen molar-refractivity contribution in [1.29, 1.82) is 0 Å². The van der Waals surface area contributed by atoms with Crippen LogP contribution in [-0.4, -0.2) is 5.16 Å². The van der Waals surface area contributed by atoms with Gasteiger partial charge in [-0.3, -0.25) is 0 Å². The van der Waals surface area contributed by atoms with E-state index in [1.54, 1.807) is 6.07 Å². The van der Waals surface area contributed by atoms with Gasteiger partial charge >= 0.3 is 0 Å². The Kier molecular flexibility index (Phi) is 3.69. The van der Waals surface area contributed by atoms with Gasteiger partial charge in [0.05, 0.1) is 0 Å². The predicted octanol–water partition coefficient (Wildman–Crippen LogP) is 0.472. The molecule has 1 heterocycles. The number of nitrogens with zero attached hydrogens (tertiary/aromatic N) is 1. The smallest absolute Gasteiger partial charge is 0 e. The Balaban J connectivity index is 0.000000250. The predicted molar refractivity (Wildman–Crippen MR) is 15.3 cm³/mol. The van der Waals surface area contributed by atoms with Gasteiger partial charge < -0.3 is 4.52 Å². The Morgan fingerprint density at radius 3 is 2.67 bits per heavy atom. The molecule has 0 aliphatic rings. The zero-order chi connectivity index (χ0) is 3.54. The van der Waals surface area contributed by atoms with Crippen LogP contribution in [0.3, 0.4) is 0 Å². The Bertz CT molecular complexity index is 67.3. The van der Waals surface area contributed by atoms with E-state index in [4.69, 9.17) is 0 Å². The van der Waals surface area contributed by atoms with Crippen molar-refractivity contribution in [3.8, 4) is 0 Å².